The molecule has 0 spiro atoms. The van der Waals surface area contributed by atoms with Crippen molar-refractivity contribution >= 4 is 0 Å². The van der Waals surface area contributed by atoms with E-state index in [2.05, 4.69) is 31.2 Å². The second kappa shape index (κ2) is 6.53. The standard InChI is InChI=1S/C17H26O2/c1-3-17(11-4-5-12-17)16(18)15-8-6-14(7-9-15)10-13-19-2/h6-9,16,18H,3-5,10-13H2,1-2H3. The van der Waals surface area contributed by atoms with Gasteiger partial charge in [-0.3, -0.25) is 0 Å². The van der Waals surface area contributed by atoms with Gasteiger partial charge in [-0.05, 0) is 36.8 Å². The average Bonchev–Trinajstić information content (AvgIpc) is 2.95. The summed E-state index contributed by atoms with van der Waals surface area (Å²) in [6.45, 7) is 2.96. The maximum atomic E-state index is 10.7. The minimum atomic E-state index is -0.309. The summed E-state index contributed by atoms with van der Waals surface area (Å²) >= 11 is 0. The Balaban J connectivity index is 2.08. The van der Waals surface area contributed by atoms with E-state index in [1.54, 1.807) is 7.11 Å². The van der Waals surface area contributed by atoms with E-state index in [0.29, 0.717) is 0 Å². The second-order valence-electron chi connectivity index (χ2n) is 5.81. The molecule has 1 atom stereocenters. The summed E-state index contributed by atoms with van der Waals surface area (Å²) in [5.41, 5.74) is 2.47. The van der Waals surface area contributed by atoms with E-state index in [1.165, 1.54) is 18.4 Å². The van der Waals surface area contributed by atoms with Crippen LogP contribution in [-0.2, 0) is 11.2 Å². The number of methoxy groups -OCH3 is 1. The third kappa shape index (κ3) is 3.18. The number of hydrogen-bond donors (Lipinski definition) is 1. The lowest BCUT2D eigenvalue weighted by Gasteiger charge is -2.33. The summed E-state index contributed by atoms with van der Waals surface area (Å²) in [5.74, 6) is 0. The highest BCUT2D eigenvalue weighted by Crippen LogP contribution is 2.49. The topological polar surface area (TPSA) is 29.5 Å². The van der Waals surface area contributed by atoms with Crippen molar-refractivity contribution in [1.29, 1.82) is 0 Å². The van der Waals surface area contributed by atoms with E-state index in [-0.39, 0.29) is 11.5 Å². The van der Waals surface area contributed by atoms with Crippen LogP contribution < -0.4 is 0 Å². The predicted octanol–water partition coefficient (Wildman–Crippen LogP) is 3.88. The van der Waals surface area contributed by atoms with Crippen molar-refractivity contribution in [2.45, 2.75) is 51.6 Å². The van der Waals surface area contributed by atoms with Crippen molar-refractivity contribution in [1.82, 2.24) is 0 Å². The van der Waals surface area contributed by atoms with Crippen LogP contribution in [0.15, 0.2) is 24.3 Å². The minimum absolute atomic E-state index is 0.119. The summed E-state index contributed by atoms with van der Waals surface area (Å²) < 4.78 is 5.09. The number of ether oxygens (including phenoxy) is 1. The Kier molecular flexibility index (Phi) is 5.00. The van der Waals surface area contributed by atoms with E-state index in [9.17, 15) is 5.11 Å². The van der Waals surface area contributed by atoms with Crippen molar-refractivity contribution in [3.63, 3.8) is 0 Å². The molecule has 2 nitrogen and oxygen atoms in total. The van der Waals surface area contributed by atoms with Crippen LogP contribution in [0.25, 0.3) is 0 Å². The molecule has 1 aliphatic carbocycles. The molecule has 106 valence electrons. The number of hydrogen-bond acceptors (Lipinski definition) is 2. The maximum absolute atomic E-state index is 10.7. The summed E-state index contributed by atoms with van der Waals surface area (Å²) in [4.78, 5) is 0. The van der Waals surface area contributed by atoms with Gasteiger partial charge in [0.25, 0.3) is 0 Å². The zero-order valence-corrected chi connectivity index (χ0v) is 12.2. The van der Waals surface area contributed by atoms with Crippen LogP contribution in [0.3, 0.4) is 0 Å². The molecule has 1 N–H and O–H groups in total. The van der Waals surface area contributed by atoms with Crippen LogP contribution in [0, 0.1) is 5.41 Å². The zero-order chi connectivity index (χ0) is 13.7. The van der Waals surface area contributed by atoms with Crippen LogP contribution in [0.4, 0.5) is 0 Å². The molecule has 1 saturated carbocycles. The van der Waals surface area contributed by atoms with E-state index >= 15 is 0 Å². The summed E-state index contributed by atoms with van der Waals surface area (Å²) in [6.07, 6.45) is 6.54. The molecule has 0 bridgehead atoms. The Bertz CT molecular complexity index is 377. The van der Waals surface area contributed by atoms with Crippen molar-refractivity contribution in [3.8, 4) is 0 Å². The van der Waals surface area contributed by atoms with Crippen molar-refractivity contribution in [3.05, 3.63) is 35.4 Å². The van der Waals surface area contributed by atoms with Gasteiger partial charge in [0.05, 0.1) is 12.7 Å². The van der Waals surface area contributed by atoms with Crippen LogP contribution in [0.5, 0.6) is 0 Å². The van der Waals surface area contributed by atoms with Gasteiger partial charge >= 0.3 is 0 Å². The molecule has 0 aliphatic heterocycles. The monoisotopic (exact) mass is 262 g/mol. The van der Waals surface area contributed by atoms with Crippen molar-refractivity contribution in [2.24, 2.45) is 5.41 Å². The fourth-order valence-electron chi connectivity index (χ4n) is 3.34. The van der Waals surface area contributed by atoms with Crippen LogP contribution in [-0.4, -0.2) is 18.8 Å². The molecule has 0 saturated heterocycles. The Morgan fingerprint density at radius 3 is 2.37 bits per heavy atom. The highest BCUT2D eigenvalue weighted by molar-refractivity contribution is 5.26. The molecular formula is C17H26O2. The number of aliphatic hydroxyl groups excluding tert-OH is 1. The Morgan fingerprint density at radius 2 is 1.84 bits per heavy atom. The summed E-state index contributed by atoms with van der Waals surface area (Å²) in [6, 6.07) is 8.42. The van der Waals surface area contributed by atoms with Gasteiger partial charge in [-0.25, -0.2) is 0 Å². The first kappa shape index (κ1) is 14.5. The van der Waals surface area contributed by atoms with Gasteiger partial charge in [-0.2, -0.15) is 0 Å². The molecule has 1 aromatic rings. The maximum Gasteiger partial charge on any atom is 0.0846 e. The molecule has 1 aromatic carbocycles. The van der Waals surface area contributed by atoms with Crippen molar-refractivity contribution < 1.29 is 9.84 Å². The predicted molar refractivity (Wildman–Crippen MR) is 78.2 cm³/mol. The van der Waals surface area contributed by atoms with Gasteiger partial charge in [0, 0.05) is 12.5 Å². The van der Waals surface area contributed by atoms with E-state index < -0.39 is 0 Å². The minimum Gasteiger partial charge on any atom is -0.388 e. The lowest BCUT2D eigenvalue weighted by Crippen LogP contribution is -2.25. The quantitative estimate of drug-likeness (QED) is 0.843. The molecule has 0 heterocycles. The average molecular weight is 262 g/mol. The molecule has 1 aliphatic rings. The van der Waals surface area contributed by atoms with Gasteiger partial charge < -0.3 is 9.84 Å². The first-order valence-electron chi connectivity index (χ1n) is 7.48. The highest BCUT2D eigenvalue weighted by atomic mass is 16.5. The van der Waals surface area contributed by atoms with Crippen molar-refractivity contribution in [2.75, 3.05) is 13.7 Å². The van der Waals surface area contributed by atoms with Gasteiger partial charge in [-0.1, -0.05) is 44.0 Å². The molecule has 19 heavy (non-hydrogen) atoms. The largest absolute Gasteiger partial charge is 0.388 e. The van der Waals surface area contributed by atoms with E-state index in [4.69, 9.17) is 4.74 Å². The first-order chi connectivity index (χ1) is 9.22. The van der Waals surface area contributed by atoms with E-state index in [1.807, 2.05) is 0 Å². The van der Waals surface area contributed by atoms with Crippen LogP contribution in [0.2, 0.25) is 0 Å². The van der Waals surface area contributed by atoms with Crippen LogP contribution >= 0.6 is 0 Å². The molecule has 0 amide bonds. The van der Waals surface area contributed by atoms with Gasteiger partial charge in [0.15, 0.2) is 0 Å². The SMILES string of the molecule is CCC1(C(O)c2ccc(CCOC)cc2)CCCC1. The number of aliphatic hydroxyl groups is 1. The van der Waals surface area contributed by atoms with Gasteiger partial charge in [0.2, 0.25) is 0 Å². The number of rotatable bonds is 6. The lowest BCUT2D eigenvalue weighted by atomic mass is 9.75. The Morgan fingerprint density at radius 1 is 1.21 bits per heavy atom. The van der Waals surface area contributed by atoms with Gasteiger partial charge in [-0.15, -0.1) is 0 Å². The molecule has 2 rings (SSSR count). The summed E-state index contributed by atoms with van der Waals surface area (Å²) in [5, 5.41) is 10.7. The molecule has 0 aromatic heterocycles. The Hall–Kier alpha value is -0.860. The van der Waals surface area contributed by atoms with Crippen LogP contribution in [0.1, 0.15) is 56.3 Å². The molecule has 1 unspecified atom stereocenters. The third-order valence-electron chi connectivity index (χ3n) is 4.77. The normalized spacial score (nSPS) is 19.5. The Labute approximate surface area is 116 Å². The van der Waals surface area contributed by atoms with E-state index in [0.717, 1.165) is 37.9 Å². The smallest absolute Gasteiger partial charge is 0.0846 e. The number of benzene rings is 1. The molecule has 0 radical (unpaired) electrons. The fourth-order valence-corrected chi connectivity index (χ4v) is 3.34. The second-order valence-corrected chi connectivity index (χ2v) is 5.81. The van der Waals surface area contributed by atoms with Gasteiger partial charge in [0.1, 0.15) is 0 Å². The highest BCUT2D eigenvalue weighted by Gasteiger charge is 2.39. The lowest BCUT2D eigenvalue weighted by molar-refractivity contribution is 0.0237. The zero-order valence-electron chi connectivity index (χ0n) is 12.2. The molecular weight excluding hydrogens is 236 g/mol. The third-order valence-corrected chi connectivity index (χ3v) is 4.77. The summed E-state index contributed by atoms with van der Waals surface area (Å²) in [7, 11) is 1.73. The molecule has 1 fully saturated rings. The molecule has 2 heteroatoms. The first-order valence-corrected chi connectivity index (χ1v) is 7.48. The fraction of sp³-hybridized carbons (Fsp3) is 0.647.